The number of ether oxygens (including phenoxy) is 2. The number of rotatable bonds is 5. The topological polar surface area (TPSA) is 52.6 Å². The molecule has 0 saturated heterocycles. The summed E-state index contributed by atoms with van der Waals surface area (Å²) in [5.74, 6) is -0.776. The maximum Gasteiger partial charge on any atom is 0.344 e. The molecule has 0 unspecified atom stereocenters. The molecule has 4 heteroatoms. The fourth-order valence-corrected chi connectivity index (χ4v) is 1.20. The highest BCUT2D eigenvalue weighted by Crippen LogP contribution is 2.05. The van der Waals surface area contributed by atoms with Crippen LogP contribution in [0.5, 0.6) is 0 Å². The summed E-state index contributed by atoms with van der Waals surface area (Å²) in [6.07, 6.45) is 0. The second-order valence-corrected chi connectivity index (χ2v) is 4.52. The van der Waals surface area contributed by atoms with E-state index in [1.54, 1.807) is 12.1 Å². The maximum absolute atomic E-state index is 11.6. The van der Waals surface area contributed by atoms with Crippen molar-refractivity contribution in [3.8, 4) is 0 Å². The first-order valence-corrected chi connectivity index (χ1v) is 5.88. The summed E-state index contributed by atoms with van der Waals surface area (Å²) in [6.45, 7) is 5.79. The third kappa shape index (κ3) is 4.99. The van der Waals surface area contributed by atoms with Crippen LogP contribution in [0.1, 0.15) is 29.8 Å². The number of carbonyl (C=O) groups excluding carboxylic acids is 2. The van der Waals surface area contributed by atoms with Gasteiger partial charge in [0.15, 0.2) is 6.61 Å². The van der Waals surface area contributed by atoms with Crippen molar-refractivity contribution >= 4 is 11.9 Å². The molecule has 0 atom stereocenters. The number of benzene rings is 1. The average molecular weight is 250 g/mol. The molecule has 0 aliphatic heterocycles. The molecule has 18 heavy (non-hydrogen) atoms. The molecule has 1 aromatic carbocycles. The van der Waals surface area contributed by atoms with Crippen LogP contribution in [0.25, 0.3) is 0 Å². The Morgan fingerprint density at radius 1 is 1.11 bits per heavy atom. The van der Waals surface area contributed by atoms with Crippen LogP contribution in [-0.2, 0) is 14.3 Å². The molecule has 0 saturated carbocycles. The van der Waals surface area contributed by atoms with E-state index in [-0.39, 0.29) is 12.5 Å². The highest BCUT2D eigenvalue weighted by molar-refractivity contribution is 5.90. The van der Waals surface area contributed by atoms with E-state index in [4.69, 9.17) is 9.47 Å². The highest BCUT2D eigenvalue weighted by Gasteiger charge is 2.11. The molecule has 0 aliphatic carbocycles. The molecule has 0 fully saturated rings. The predicted molar refractivity (Wildman–Crippen MR) is 67.3 cm³/mol. The molecule has 4 nitrogen and oxygen atoms in total. The van der Waals surface area contributed by atoms with E-state index >= 15 is 0 Å². The average Bonchev–Trinajstić information content (AvgIpc) is 2.34. The van der Waals surface area contributed by atoms with Gasteiger partial charge in [0.2, 0.25) is 0 Å². The van der Waals surface area contributed by atoms with E-state index < -0.39 is 11.9 Å². The van der Waals surface area contributed by atoms with Crippen molar-refractivity contribution in [1.29, 1.82) is 0 Å². The van der Waals surface area contributed by atoms with Crippen LogP contribution in [0.3, 0.4) is 0 Å². The Kier molecular flexibility index (Phi) is 5.36. The Morgan fingerprint density at radius 3 is 2.28 bits per heavy atom. The van der Waals surface area contributed by atoms with Gasteiger partial charge in [-0.15, -0.1) is 0 Å². The van der Waals surface area contributed by atoms with Gasteiger partial charge in [-0.05, 0) is 25.0 Å². The lowest BCUT2D eigenvalue weighted by molar-refractivity contribution is -0.148. The van der Waals surface area contributed by atoms with Gasteiger partial charge in [-0.2, -0.15) is 0 Å². The molecule has 0 radical (unpaired) electrons. The van der Waals surface area contributed by atoms with Crippen molar-refractivity contribution < 1.29 is 19.1 Å². The number of esters is 2. The zero-order valence-corrected chi connectivity index (χ0v) is 10.9. The summed E-state index contributed by atoms with van der Waals surface area (Å²) in [4.78, 5) is 22.8. The van der Waals surface area contributed by atoms with E-state index in [0.29, 0.717) is 12.2 Å². The lowest BCUT2D eigenvalue weighted by Crippen LogP contribution is -2.18. The van der Waals surface area contributed by atoms with E-state index in [2.05, 4.69) is 0 Å². The molecule has 0 heterocycles. The molecule has 1 rings (SSSR count). The maximum atomic E-state index is 11.6. The van der Waals surface area contributed by atoms with Gasteiger partial charge in [0.1, 0.15) is 0 Å². The highest BCUT2D eigenvalue weighted by atomic mass is 16.6. The fraction of sp³-hybridized carbons (Fsp3) is 0.429. The standard InChI is InChI=1S/C14H18O4/c1-10(2)8-17-13(15)9-18-14(16)12-6-4-11(3)5-7-12/h4-7,10H,8-9H2,1-3H3. The number of aryl methyl sites for hydroxylation is 1. The zero-order chi connectivity index (χ0) is 13.5. The summed E-state index contributed by atoms with van der Waals surface area (Å²) in [6, 6.07) is 6.95. The first-order chi connectivity index (χ1) is 8.49. The second-order valence-electron chi connectivity index (χ2n) is 4.52. The second kappa shape index (κ2) is 6.79. The van der Waals surface area contributed by atoms with Gasteiger partial charge in [0, 0.05) is 0 Å². The Balaban J connectivity index is 2.37. The van der Waals surface area contributed by atoms with E-state index in [9.17, 15) is 9.59 Å². The number of carbonyl (C=O) groups is 2. The minimum Gasteiger partial charge on any atom is -0.463 e. The van der Waals surface area contributed by atoms with Crippen molar-refractivity contribution in [2.45, 2.75) is 20.8 Å². The van der Waals surface area contributed by atoms with Crippen LogP contribution in [-0.4, -0.2) is 25.2 Å². The molecule has 0 amide bonds. The van der Waals surface area contributed by atoms with E-state index in [1.165, 1.54) is 0 Å². The first kappa shape index (κ1) is 14.2. The van der Waals surface area contributed by atoms with Crippen molar-refractivity contribution in [3.63, 3.8) is 0 Å². The Bertz CT molecular complexity index is 406. The van der Waals surface area contributed by atoms with Gasteiger partial charge < -0.3 is 9.47 Å². The monoisotopic (exact) mass is 250 g/mol. The Hall–Kier alpha value is -1.84. The molecule has 1 aromatic rings. The van der Waals surface area contributed by atoms with E-state index in [1.807, 2.05) is 32.9 Å². The normalized spacial score (nSPS) is 10.2. The molecular formula is C14H18O4. The number of hydrogen-bond donors (Lipinski definition) is 0. The van der Waals surface area contributed by atoms with Crippen LogP contribution in [0.2, 0.25) is 0 Å². The quantitative estimate of drug-likeness (QED) is 0.753. The first-order valence-electron chi connectivity index (χ1n) is 5.88. The van der Waals surface area contributed by atoms with Crippen molar-refractivity contribution in [2.75, 3.05) is 13.2 Å². The predicted octanol–water partition coefficient (Wildman–Crippen LogP) is 2.35. The molecule has 0 N–H and O–H groups in total. The zero-order valence-electron chi connectivity index (χ0n) is 10.9. The van der Waals surface area contributed by atoms with Crippen molar-refractivity contribution in [3.05, 3.63) is 35.4 Å². The SMILES string of the molecule is Cc1ccc(C(=O)OCC(=O)OCC(C)C)cc1. The lowest BCUT2D eigenvalue weighted by Gasteiger charge is -2.07. The van der Waals surface area contributed by atoms with Crippen LogP contribution in [0, 0.1) is 12.8 Å². The molecule has 98 valence electrons. The van der Waals surface area contributed by atoms with Crippen LogP contribution in [0.4, 0.5) is 0 Å². The van der Waals surface area contributed by atoms with E-state index in [0.717, 1.165) is 5.56 Å². The summed E-state index contributed by atoms with van der Waals surface area (Å²) in [7, 11) is 0. The van der Waals surface area contributed by atoms with Crippen LogP contribution in [0.15, 0.2) is 24.3 Å². The van der Waals surface area contributed by atoms with Gasteiger partial charge in [0.05, 0.1) is 12.2 Å². The third-order valence-electron chi connectivity index (χ3n) is 2.19. The molecule has 0 bridgehead atoms. The smallest absolute Gasteiger partial charge is 0.344 e. The summed E-state index contributed by atoms with van der Waals surface area (Å²) < 4.78 is 9.74. The van der Waals surface area contributed by atoms with Gasteiger partial charge in [-0.3, -0.25) is 0 Å². The largest absolute Gasteiger partial charge is 0.463 e. The van der Waals surface area contributed by atoms with Gasteiger partial charge in [0.25, 0.3) is 0 Å². The van der Waals surface area contributed by atoms with Crippen molar-refractivity contribution in [2.24, 2.45) is 5.92 Å². The summed E-state index contributed by atoms with van der Waals surface area (Å²) in [5.41, 5.74) is 1.49. The molecule has 0 aromatic heterocycles. The third-order valence-corrected chi connectivity index (χ3v) is 2.19. The summed E-state index contributed by atoms with van der Waals surface area (Å²) in [5, 5.41) is 0. The van der Waals surface area contributed by atoms with Crippen LogP contribution < -0.4 is 0 Å². The molecular weight excluding hydrogens is 232 g/mol. The fourth-order valence-electron chi connectivity index (χ4n) is 1.20. The van der Waals surface area contributed by atoms with Gasteiger partial charge in [-0.25, -0.2) is 9.59 Å². The minimum atomic E-state index is -0.524. The van der Waals surface area contributed by atoms with Crippen molar-refractivity contribution in [1.82, 2.24) is 0 Å². The summed E-state index contributed by atoms with van der Waals surface area (Å²) >= 11 is 0. The van der Waals surface area contributed by atoms with Gasteiger partial charge in [-0.1, -0.05) is 31.5 Å². The molecule has 0 spiro atoms. The van der Waals surface area contributed by atoms with Gasteiger partial charge >= 0.3 is 11.9 Å². The lowest BCUT2D eigenvalue weighted by atomic mass is 10.1. The Labute approximate surface area is 107 Å². The number of hydrogen-bond acceptors (Lipinski definition) is 4. The van der Waals surface area contributed by atoms with Crippen LogP contribution >= 0.6 is 0 Å². The minimum absolute atomic E-state index is 0.266. The molecule has 0 aliphatic rings. The Morgan fingerprint density at radius 2 is 1.72 bits per heavy atom.